The molecular formula is C21H19F3N6O2S. The second-order valence-corrected chi connectivity index (χ2v) is 8.59. The molecule has 0 radical (unpaired) electrons. The molecule has 4 heterocycles. The van der Waals surface area contributed by atoms with Crippen molar-refractivity contribution < 1.29 is 17.4 Å². The van der Waals surface area contributed by atoms with E-state index in [1.165, 1.54) is 29.0 Å². The van der Waals surface area contributed by atoms with Crippen molar-refractivity contribution in [2.45, 2.75) is 12.7 Å². The molecule has 0 saturated carbocycles. The third kappa shape index (κ3) is 4.60. The average Bonchev–Trinajstić information content (AvgIpc) is 3.21. The van der Waals surface area contributed by atoms with Gasteiger partial charge in [0.15, 0.2) is 0 Å². The molecule has 0 saturated heterocycles. The first-order valence-electron chi connectivity index (χ1n) is 9.68. The van der Waals surface area contributed by atoms with E-state index in [-0.39, 0.29) is 28.8 Å². The Hall–Kier alpha value is -3.67. The molecular weight excluding hydrogens is 457 g/mol. The van der Waals surface area contributed by atoms with Crippen molar-refractivity contribution in [1.82, 2.24) is 19.9 Å². The molecule has 12 heteroatoms. The molecule has 4 aromatic rings. The van der Waals surface area contributed by atoms with Gasteiger partial charge in [0.1, 0.15) is 22.5 Å². The van der Waals surface area contributed by atoms with Gasteiger partial charge in [-0.25, -0.2) is 14.2 Å². The molecule has 0 fully saturated rings. The number of hydrogen-bond donors (Lipinski definition) is 3. The van der Waals surface area contributed by atoms with Crippen LogP contribution >= 0.6 is 0 Å². The standard InChI is InChI=1S/C21H19F3N6O2S/c1-30(33(2)32)20-13(4-3-7-25-20)10-27-18-14-8-16(12-5-6-17(31)26-9-12)29-19(14)28-11-15(18)21(22,23)24/h3-9,11H,10H2,1-2H3,(H,26,31)(H2,27,28,29). The van der Waals surface area contributed by atoms with Gasteiger partial charge in [0.05, 0.1) is 11.3 Å². The first kappa shape index (κ1) is 22.5. The van der Waals surface area contributed by atoms with Gasteiger partial charge in [0.2, 0.25) is 5.56 Å². The van der Waals surface area contributed by atoms with Gasteiger partial charge in [0, 0.05) is 66.7 Å². The topological polar surface area (TPSA) is 107 Å². The summed E-state index contributed by atoms with van der Waals surface area (Å²) in [7, 11) is 0.236. The summed E-state index contributed by atoms with van der Waals surface area (Å²) in [6.07, 6.45) is 0.607. The molecule has 0 bridgehead atoms. The van der Waals surface area contributed by atoms with E-state index in [2.05, 4.69) is 25.3 Å². The second-order valence-electron chi connectivity index (χ2n) is 7.19. The zero-order chi connectivity index (χ0) is 23.8. The fourth-order valence-corrected chi connectivity index (χ4v) is 3.78. The van der Waals surface area contributed by atoms with E-state index in [9.17, 15) is 22.2 Å². The van der Waals surface area contributed by atoms with E-state index in [0.717, 1.165) is 6.20 Å². The maximum Gasteiger partial charge on any atom is 0.419 e. The molecule has 0 aliphatic carbocycles. The summed E-state index contributed by atoms with van der Waals surface area (Å²) in [6.45, 7) is 0.00603. The maximum absolute atomic E-state index is 13.8. The second kappa shape index (κ2) is 8.70. The Morgan fingerprint density at radius 3 is 2.67 bits per heavy atom. The number of aromatic nitrogens is 4. The number of anilines is 2. The third-order valence-electron chi connectivity index (χ3n) is 5.07. The van der Waals surface area contributed by atoms with Crippen molar-refractivity contribution in [2.24, 2.45) is 0 Å². The van der Waals surface area contributed by atoms with E-state index in [4.69, 9.17) is 0 Å². The summed E-state index contributed by atoms with van der Waals surface area (Å²) >= 11 is 0. The largest absolute Gasteiger partial charge is 0.419 e. The van der Waals surface area contributed by atoms with Crippen LogP contribution in [0.25, 0.3) is 22.3 Å². The van der Waals surface area contributed by atoms with Crippen molar-refractivity contribution in [3.63, 3.8) is 0 Å². The number of H-pyrrole nitrogens is 2. The lowest BCUT2D eigenvalue weighted by molar-refractivity contribution is -0.137. The molecule has 1 atom stereocenters. The third-order valence-corrected chi connectivity index (χ3v) is 6.01. The smallest absolute Gasteiger partial charge is 0.380 e. The minimum Gasteiger partial charge on any atom is -0.380 e. The Morgan fingerprint density at radius 2 is 2.00 bits per heavy atom. The number of halogens is 3. The summed E-state index contributed by atoms with van der Waals surface area (Å²) < 4.78 is 54.7. The Labute approximate surface area is 188 Å². The van der Waals surface area contributed by atoms with Gasteiger partial charge in [-0.2, -0.15) is 13.2 Å². The van der Waals surface area contributed by atoms with Crippen molar-refractivity contribution in [3.05, 3.63) is 70.4 Å². The zero-order valence-electron chi connectivity index (χ0n) is 17.5. The lowest BCUT2D eigenvalue weighted by atomic mass is 10.1. The first-order valence-corrected chi connectivity index (χ1v) is 11.2. The predicted octanol–water partition coefficient (Wildman–Crippen LogP) is 3.67. The van der Waals surface area contributed by atoms with Crippen LogP contribution in [-0.2, 0) is 23.7 Å². The van der Waals surface area contributed by atoms with E-state index in [1.807, 2.05) is 0 Å². The minimum absolute atomic E-state index is 0.00603. The number of fused-ring (bicyclic) bond motifs is 1. The number of nitrogens with one attached hydrogen (secondary N) is 3. The Morgan fingerprint density at radius 1 is 1.21 bits per heavy atom. The van der Waals surface area contributed by atoms with E-state index in [0.29, 0.717) is 22.6 Å². The van der Waals surface area contributed by atoms with Crippen LogP contribution in [0, 0.1) is 0 Å². The van der Waals surface area contributed by atoms with Crippen LogP contribution in [0.2, 0.25) is 0 Å². The highest BCUT2D eigenvalue weighted by Gasteiger charge is 2.35. The first-order chi connectivity index (χ1) is 15.6. The molecule has 33 heavy (non-hydrogen) atoms. The van der Waals surface area contributed by atoms with Crippen molar-refractivity contribution >= 4 is 33.5 Å². The summed E-state index contributed by atoms with van der Waals surface area (Å²) in [6, 6.07) is 7.79. The molecule has 0 spiro atoms. The average molecular weight is 476 g/mol. The van der Waals surface area contributed by atoms with Gasteiger partial charge in [0.25, 0.3) is 0 Å². The summed E-state index contributed by atoms with van der Waals surface area (Å²) in [5.41, 5.74) is 0.567. The Balaban J connectivity index is 1.78. The number of hydrogen-bond acceptors (Lipinski definition) is 5. The predicted molar refractivity (Wildman–Crippen MR) is 121 cm³/mol. The molecule has 0 amide bonds. The monoisotopic (exact) mass is 476 g/mol. The molecule has 172 valence electrons. The van der Waals surface area contributed by atoms with Crippen molar-refractivity contribution in [1.29, 1.82) is 0 Å². The van der Waals surface area contributed by atoms with Gasteiger partial charge in [-0.05, 0) is 18.2 Å². The quantitative estimate of drug-likeness (QED) is 0.394. The van der Waals surface area contributed by atoms with E-state index in [1.54, 1.807) is 31.3 Å². The molecule has 0 aliphatic heterocycles. The van der Waals surface area contributed by atoms with Gasteiger partial charge in [-0.15, -0.1) is 0 Å². The summed E-state index contributed by atoms with van der Waals surface area (Å²) in [5.74, 6) is 0.396. The van der Waals surface area contributed by atoms with Crippen molar-refractivity contribution in [3.8, 4) is 11.3 Å². The summed E-state index contributed by atoms with van der Waals surface area (Å²) in [5, 5.41) is 3.12. The SMILES string of the molecule is CN(c1ncccc1CNc1c(C(F)(F)F)cnc2[nH]c(-c3ccc(=O)[nH]c3)cc12)S(C)=O. The number of nitrogens with zero attached hydrogens (tertiary/aromatic N) is 3. The Bertz CT molecular complexity index is 1380. The zero-order valence-corrected chi connectivity index (χ0v) is 18.3. The van der Waals surface area contributed by atoms with Crippen LogP contribution < -0.4 is 15.2 Å². The van der Waals surface area contributed by atoms with Crippen molar-refractivity contribution in [2.75, 3.05) is 22.9 Å². The lowest BCUT2D eigenvalue weighted by Gasteiger charge is -2.20. The fraction of sp³-hybridized carbons (Fsp3) is 0.190. The van der Waals surface area contributed by atoms with Crippen LogP contribution in [0.3, 0.4) is 0 Å². The summed E-state index contributed by atoms with van der Waals surface area (Å²) in [4.78, 5) is 25.0. The Kier molecular flexibility index (Phi) is 5.93. The molecule has 0 aromatic carbocycles. The van der Waals surface area contributed by atoms with Crippen LogP contribution in [-0.4, -0.2) is 37.4 Å². The van der Waals surface area contributed by atoms with Crippen LogP contribution in [0.5, 0.6) is 0 Å². The molecule has 4 aromatic heterocycles. The number of pyridine rings is 3. The normalized spacial score (nSPS) is 12.6. The van der Waals surface area contributed by atoms with Gasteiger partial charge >= 0.3 is 6.18 Å². The molecule has 4 rings (SSSR count). The molecule has 3 N–H and O–H groups in total. The highest BCUT2D eigenvalue weighted by atomic mass is 32.2. The maximum atomic E-state index is 13.8. The van der Waals surface area contributed by atoms with Gasteiger partial charge in [-0.3, -0.25) is 9.10 Å². The highest BCUT2D eigenvalue weighted by molar-refractivity contribution is 7.85. The minimum atomic E-state index is -4.64. The molecule has 8 nitrogen and oxygen atoms in total. The highest BCUT2D eigenvalue weighted by Crippen LogP contribution is 2.39. The number of rotatable bonds is 6. The fourth-order valence-electron chi connectivity index (χ4n) is 3.37. The van der Waals surface area contributed by atoms with Crippen LogP contribution in [0.4, 0.5) is 24.7 Å². The van der Waals surface area contributed by atoms with Crippen LogP contribution in [0.1, 0.15) is 11.1 Å². The van der Waals surface area contributed by atoms with Gasteiger partial charge in [-0.1, -0.05) is 6.07 Å². The number of alkyl halides is 3. The van der Waals surface area contributed by atoms with Gasteiger partial charge < -0.3 is 15.3 Å². The van der Waals surface area contributed by atoms with Crippen LogP contribution in [0.15, 0.2) is 53.7 Å². The van der Waals surface area contributed by atoms with E-state index < -0.39 is 22.7 Å². The molecule has 0 aliphatic rings. The lowest BCUT2D eigenvalue weighted by Crippen LogP contribution is -2.22. The molecule has 1 unspecified atom stereocenters. The van der Waals surface area contributed by atoms with E-state index >= 15 is 0 Å². The number of aromatic amines is 2.